The third-order valence-electron chi connectivity index (χ3n) is 5.12. The van der Waals surface area contributed by atoms with E-state index in [9.17, 15) is 16.8 Å². The van der Waals surface area contributed by atoms with Crippen LogP contribution < -0.4 is 0 Å². The number of sulfone groups is 2. The Morgan fingerprint density at radius 2 is 0.667 bits per heavy atom. The summed E-state index contributed by atoms with van der Waals surface area (Å²) < 4.78 is 52.9. The van der Waals surface area contributed by atoms with E-state index in [-0.39, 0.29) is 19.6 Å². The minimum absolute atomic E-state index is 0.226. The first-order valence-corrected chi connectivity index (χ1v) is 14.4. The lowest BCUT2D eigenvalue weighted by atomic mass is 10.1. The first-order valence-electron chi connectivity index (χ1n) is 9.85. The van der Waals surface area contributed by atoms with E-state index in [4.69, 9.17) is 0 Å². The smallest absolute Gasteiger partial charge is 0.206 e. The molecular formula is C25H18Br2O4S2. The van der Waals surface area contributed by atoms with Crippen LogP contribution in [0, 0.1) is 0 Å². The van der Waals surface area contributed by atoms with Gasteiger partial charge in [-0.3, -0.25) is 0 Å². The molecule has 4 rings (SSSR count). The molecule has 0 bridgehead atoms. The second-order valence-electron chi connectivity index (χ2n) is 7.38. The van der Waals surface area contributed by atoms with Crippen molar-refractivity contribution in [2.45, 2.75) is 26.0 Å². The maximum absolute atomic E-state index is 12.8. The van der Waals surface area contributed by atoms with Crippen molar-refractivity contribution in [1.82, 2.24) is 0 Å². The van der Waals surface area contributed by atoms with Crippen molar-refractivity contribution in [3.8, 4) is 0 Å². The van der Waals surface area contributed by atoms with Crippen LogP contribution in [-0.2, 0) is 26.1 Å². The van der Waals surface area contributed by atoms with Crippen LogP contribution in [0.4, 0.5) is 0 Å². The summed E-state index contributed by atoms with van der Waals surface area (Å²) in [7, 11) is -7.17. The molecule has 0 saturated carbocycles. The Balaban J connectivity index is 1.51. The highest BCUT2D eigenvalue weighted by atomic mass is 79.9. The zero-order chi connectivity index (χ0) is 23.6. The summed E-state index contributed by atoms with van der Waals surface area (Å²) in [6.07, 6.45) is 0.553. The summed E-state index contributed by atoms with van der Waals surface area (Å²) in [6, 6.07) is 26.5. The van der Waals surface area contributed by atoms with Gasteiger partial charge in [0.05, 0.1) is 19.6 Å². The van der Waals surface area contributed by atoms with Crippen molar-refractivity contribution >= 4 is 51.5 Å². The highest BCUT2D eigenvalue weighted by Crippen LogP contribution is 2.25. The lowest BCUT2D eigenvalue weighted by Gasteiger charge is -2.08. The molecular weight excluding hydrogens is 588 g/mol. The van der Waals surface area contributed by atoms with Crippen LogP contribution in [0.3, 0.4) is 0 Å². The van der Waals surface area contributed by atoms with Crippen LogP contribution >= 0.6 is 31.9 Å². The summed E-state index contributed by atoms with van der Waals surface area (Å²) in [6.45, 7) is 0. The molecule has 0 aromatic heterocycles. The molecule has 0 heterocycles. The van der Waals surface area contributed by atoms with Crippen molar-refractivity contribution in [3.63, 3.8) is 0 Å². The Morgan fingerprint density at radius 1 is 0.424 bits per heavy atom. The number of rotatable bonds is 6. The van der Waals surface area contributed by atoms with Crippen molar-refractivity contribution in [2.24, 2.45) is 0 Å². The SMILES string of the molecule is O=S(=O)(c1ccc(Br)cc1)c1ccc(Cc2ccc(S(=O)(=O)c3ccc(Br)cc3)cc2)cc1. The molecule has 0 amide bonds. The quantitative estimate of drug-likeness (QED) is 0.253. The lowest BCUT2D eigenvalue weighted by Crippen LogP contribution is -2.03. The molecule has 0 aliphatic rings. The van der Waals surface area contributed by atoms with Gasteiger partial charge in [0.1, 0.15) is 0 Å². The van der Waals surface area contributed by atoms with E-state index >= 15 is 0 Å². The molecule has 4 aromatic rings. The minimum atomic E-state index is -3.59. The third kappa shape index (κ3) is 5.30. The van der Waals surface area contributed by atoms with Crippen LogP contribution in [0.2, 0.25) is 0 Å². The number of benzene rings is 4. The van der Waals surface area contributed by atoms with Crippen LogP contribution in [0.5, 0.6) is 0 Å². The number of hydrogen-bond acceptors (Lipinski definition) is 4. The van der Waals surface area contributed by atoms with Crippen molar-refractivity contribution in [1.29, 1.82) is 0 Å². The standard InChI is InChI=1S/C25H18Br2O4S2/c26-20-5-13-24(14-6-20)32(28,29)22-9-1-18(2-10-22)17-19-3-11-23(12-4-19)33(30,31)25-15-7-21(27)8-16-25/h1-16H,17H2. The molecule has 0 unspecified atom stereocenters. The van der Waals surface area contributed by atoms with E-state index in [0.717, 1.165) is 20.1 Å². The van der Waals surface area contributed by atoms with Crippen LogP contribution in [0.15, 0.2) is 126 Å². The van der Waals surface area contributed by atoms with Gasteiger partial charge in [0.2, 0.25) is 19.7 Å². The summed E-state index contributed by atoms with van der Waals surface area (Å²) >= 11 is 6.62. The molecule has 0 fully saturated rings. The molecule has 33 heavy (non-hydrogen) atoms. The minimum Gasteiger partial charge on any atom is -0.219 e. The Kier molecular flexibility index (Phi) is 6.91. The second kappa shape index (κ2) is 9.54. The summed E-state index contributed by atoms with van der Waals surface area (Å²) in [5.41, 5.74) is 1.85. The number of hydrogen-bond donors (Lipinski definition) is 0. The van der Waals surface area contributed by atoms with E-state index < -0.39 is 19.7 Å². The first kappa shape index (κ1) is 23.9. The fraction of sp³-hybridized carbons (Fsp3) is 0.0400. The van der Waals surface area contributed by atoms with E-state index in [1.165, 1.54) is 0 Å². The van der Waals surface area contributed by atoms with E-state index in [1.807, 2.05) is 0 Å². The third-order valence-corrected chi connectivity index (χ3v) is 9.75. The van der Waals surface area contributed by atoms with Gasteiger partial charge in [0.25, 0.3) is 0 Å². The summed E-state index contributed by atoms with van der Waals surface area (Å²) in [4.78, 5) is 0.927. The highest BCUT2D eigenvalue weighted by Gasteiger charge is 2.18. The molecule has 0 saturated heterocycles. The van der Waals surface area contributed by atoms with Gasteiger partial charge in [0, 0.05) is 8.95 Å². The van der Waals surface area contributed by atoms with Gasteiger partial charge in [-0.2, -0.15) is 0 Å². The molecule has 0 aliphatic carbocycles. The molecule has 4 nitrogen and oxygen atoms in total. The first-order chi connectivity index (χ1) is 15.7. The second-order valence-corrected chi connectivity index (χ2v) is 13.1. The van der Waals surface area contributed by atoms with E-state index in [1.54, 1.807) is 97.1 Å². The lowest BCUT2D eigenvalue weighted by molar-refractivity contribution is 0.594. The Hall–Kier alpha value is -2.26. The Bertz CT molecular complexity index is 1360. The monoisotopic (exact) mass is 604 g/mol. The highest BCUT2D eigenvalue weighted by molar-refractivity contribution is 9.10. The predicted octanol–water partition coefficient (Wildman–Crippen LogP) is 6.47. The topological polar surface area (TPSA) is 68.3 Å². The molecule has 0 radical (unpaired) electrons. The van der Waals surface area contributed by atoms with Gasteiger partial charge in [0.15, 0.2) is 0 Å². The van der Waals surface area contributed by atoms with E-state index in [2.05, 4.69) is 31.9 Å². The van der Waals surface area contributed by atoms with Crippen molar-refractivity contribution < 1.29 is 16.8 Å². The normalized spacial score (nSPS) is 11.9. The summed E-state index contributed by atoms with van der Waals surface area (Å²) in [5, 5.41) is 0. The summed E-state index contributed by atoms with van der Waals surface area (Å²) in [5.74, 6) is 0. The Morgan fingerprint density at radius 3 is 0.939 bits per heavy atom. The van der Waals surface area contributed by atoms with Crippen molar-refractivity contribution in [2.75, 3.05) is 0 Å². The molecule has 4 aromatic carbocycles. The van der Waals surface area contributed by atoms with Gasteiger partial charge in [-0.25, -0.2) is 16.8 Å². The molecule has 0 atom stereocenters. The van der Waals surface area contributed by atoms with Crippen LogP contribution in [0.1, 0.15) is 11.1 Å². The Labute approximate surface area is 210 Å². The predicted molar refractivity (Wildman–Crippen MR) is 135 cm³/mol. The van der Waals surface area contributed by atoms with Gasteiger partial charge in [-0.1, -0.05) is 56.1 Å². The van der Waals surface area contributed by atoms with Gasteiger partial charge in [-0.05, 0) is 90.3 Å². The molecule has 8 heteroatoms. The van der Waals surface area contributed by atoms with Crippen LogP contribution in [-0.4, -0.2) is 16.8 Å². The zero-order valence-corrected chi connectivity index (χ0v) is 22.0. The maximum atomic E-state index is 12.8. The van der Waals surface area contributed by atoms with Crippen LogP contribution in [0.25, 0.3) is 0 Å². The van der Waals surface area contributed by atoms with Gasteiger partial charge < -0.3 is 0 Å². The largest absolute Gasteiger partial charge is 0.219 e. The fourth-order valence-electron chi connectivity index (χ4n) is 3.31. The number of halogens is 2. The average molecular weight is 606 g/mol. The molecule has 0 spiro atoms. The van der Waals surface area contributed by atoms with Crippen molar-refractivity contribution in [3.05, 3.63) is 117 Å². The molecule has 0 aliphatic heterocycles. The molecule has 0 N–H and O–H groups in total. The molecule has 168 valence electrons. The fourth-order valence-corrected chi connectivity index (χ4v) is 6.36. The average Bonchev–Trinajstić information content (AvgIpc) is 2.80. The van der Waals surface area contributed by atoms with E-state index in [0.29, 0.717) is 6.42 Å². The zero-order valence-electron chi connectivity index (χ0n) is 17.2. The van der Waals surface area contributed by atoms with Gasteiger partial charge in [-0.15, -0.1) is 0 Å². The maximum Gasteiger partial charge on any atom is 0.206 e. The van der Waals surface area contributed by atoms with Gasteiger partial charge >= 0.3 is 0 Å².